The number of nitrogens with zero attached hydrogens (tertiary/aromatic N) is 2. The van der Waals surface area contributed by atoms with Crippen LogP contribution in [0.1, 0.15) is 18.9 Å². The summed E-state index contributed by atoms with van der Waals surface area (Å²) >= 11 is 0. The molecule has 1 aromatic carbocycles. The Morgan fingerprint density at radius 2 is 2.16 bits per heavy atom. The maximum atomic E-state index is 8.71. The van der Waals surface area contributed by atoms with Crippen LogP contribution in [0.15, 0.2) is 24.3 Å². The Hall–Kier alpha value is -1.57. The monoisotopic (exact) mass is 260 g/mol. The molecular weight excluding hydrogens is 240 g/mol. The Bertz CT molecular complexity index is 438. The van der Waals surface area contributed by atoms with Crippen LogP contribution in [0.25, 0.3) is 0 Å². The Labute approximate surface area is 114 Å². The van der Waals surface area contributed by atoms with Gasteiger partial charge in [0.15, 0.2) is 0 Å². The lowest BCUT2D eigenvalue weighted by atomic mass is 10.1. The average Bonchev–Trinajstić information content (AvgIpc) is 2.86. The molecule has 1 aliphatic heterocycles. The SMILES string of the molecule is CC1OCCC1N(C)CCOc1ccc(C#N)cc1. The molecule has 1 saturated heterocycles. The average molecular weight is 260 g/mol. The van der Waals surface area contributed by atoms with Gasteiger partial charge in [0.1, 0.15) is 12.4 Å². The summed E-state index contributed by atoms with van der Waals surface area (Å²) in [7, 11) is 2.11. The largest absolute Gasteiger partial charge is 0.492 e. The highest BCUT2D eigenvalue weighted by molar-refractivity contribution is 5.34. The van der Waals surface area contributed by atoms with Crippen molar-refractivity contribution in [1.29, 1.82) is 5.26 Å². The van der Waals surface area contributed by atoms with Crippen molar-refractivity contribution in [1.82, 2.24) is 4.90 Å². The van der Waals surface area contributed by atoms with Crippen molar-refractivity contribution >= 4 is 0 Å². The van der Waals surface area contributed by atoms with Gasteiger partial charge in [-0.25, -0.2) is 0 Å². The first-order chi connectivity index (χ1) is 9.20. The Morgan fingerprint density at radius 1 is 1.42 bits per heavy atom. The third-order valence-electron chi connectivity index (χ3n) is 3.60. The molecule has 0 aromatic heterocycles. The molecule has 1 aliphatic rings. The lowest BCUT2D eigenvalue weighted by Crippen LogP contribution is -2.39. The minimum absolute atomic E-state index is 0.305. The number of rotatable bonds is 5. The van der Waals surface area contributed by atoms with Gasteiger partial charge in [0.2, 0.25) is 0 Å². The molecule has 4 nitrogen and oxygen atoms in total. The molecule has 2 atom stereocenters. The van der Waals surface area contributed by atoms with E-state index in [1.165, 1.54) is 0 Å². The highest BCUT2D eigenvalue weighted by atomic mass is 16.5. The molecule has 2 unspecified atom stereocenters. The third kappa shape index (κ3) is 3.69. The van der Waals surface area contributed by atoms with Gasteiger partial charge in [-0.2, -0.15) is 5.26 Å². The second kappa shape index (κ2) is 6.55. The van der Waals surface area contributed by atoms with Crippen LogP contribution in [-0.2, 0) is 4.74 Å². The summed E-state index contributed by atoms with van der Waals surface area (Å²) in [5.41, 5.74) is 0.654. The van der Waals surface area contributed by atoms with Crippen LogP contribution in [0, 0.1) is 11.3 Å². The quantitative estimate of drug-likeness (QED) is 0.813. The lowest BCUT2D eigenvalue weighted by molar-refractivity contribution is 0.0787. The molecule has 1 fully saturated rings. The standard InChI is InChI=1S/C15H20N2O2/c1-12-15(7-9-18-12)17(2)8-10-19-14-5-3-13(11-16)4-6-14/h3-6,12,15H,7-10H2,1-2H3. The van der Waals surface area contributed by atoms with Gasteiger partial charge in [-0.1, -0.05) is 0 Å². The highest BCUT2D eigenvalue weighted by Gasteiger charge is 2.27. The molecule has 0 amide bonds. The molecule has 19 heavy (non-hydrogen) atoms. The van der Waals surface area contributed by atoms with Gasteiger partial charge in [0.05, 0.1) is 17.7 Å². The van der Waals surface area contributed by atoms with Crippen LogP contribution >= 0.6 is 0 Å². The van der Waals surface area contributed by atoms with E-state index in [1.54, 1.807) is 12.1 Å². The normalized spacial score (nSPS) is 22.4. The van der Waals surface area contributed by atoms with E-state index in [-0.39, 0.29) is 0 Å². The number of nitriles is 1. The number of ether oxygens (including phenoxy) is 2. The molecular formula is C15H20N2O2. The first-order valence-corrected chi connectivity index (χ1v) is 6.65. The topological polar surface area (TPSA) is 45.5 Å². The van der Waals surface area contributed by atoms with Gasteiger partial charge in [0.25, 0.3) is 0 Å². The summed E-state index contributed by atoms with van der Waals surface area (Å²) in [4.78, 5) is 2.29. The second-order valence-corrected chi connectivity index (χ2v) is 4.90. The van der Waals surface area contributed by atoms with Crippen LogP contribution in [0.3, 0.4) is 0 Å². The van der Waals surface area contributed by atoms with Crippen LogP contribution in [-0.4, -0.2) is 43.9 Å². The molecule has 1 aromatic rings. The fraction of sp³-hybridized carbons (Fsp3) is 0.533. The van der Waals surface area contributed by atoms with Gasteiger partial charge >= 0.3 is 0 Å². The van der Waals surface area contributed by atoms with Crippen LogP contribution in [0.4, 0.5) is 0 Å². The van der Waals surface area contributed by atoms with Crippen molar-refractivity contribution in [2.24, 2.45) is 0 Å². The second-order valence-electron chi connectivity index (χ2n) is 4.90. The van der Waals surface area contributed by atoms with E-state index in [2.05, 4.69) is 24.9 Å². The summed E-state index contributed by atoms with van der Waals surface area (Å²) in [6.07, 6.45) is 1.40. The van der Waals surface area contributed by atoms with Crippen LogP contribution in [0.2, 0.25) is 0 Å². The van der Waals surface area contributed by atoms with Crippen LogP contribution in [0.5, 0.6) is 5.75 Å². The predicted molar refractivity (Wildman–Crippen MR) is 73.1 cm³/mol. The van der Waals surface area contributed by atoms with Gasteiger partial charge < -0.3 is 9.47 Å². The first-order valence-electron chi connectivity index (χ1n) is 6.65. The van der Waals surface area contributed by atoms with Crippen molar-refractivity contribution in [3.8, 4) is 11.8 Å². The van der Waals surface area contributed by atoms with E-state index in [0.717, 1.165) is 25.3 Å². The van der Waals surface area contributed by atoms with Gasteiger partial charge in [-0.15, -0.1) is 0 Å². The fourth-order valence-electron chi connectivity index (χ4n) is 2.40. The Kier molecular flexibility index (Phi) is 4.78. The van der Waals surface area contributed by atoms with Crippen molar-refractivity contribution < 1.29 is 9.47 Å². The summed E-state index contributed by atoms with van der Waals surface area (Å²) in [5, 5.41) is 8.71. The molecule has 0 radical (unpaired) electrons. The van der Waals surface area contributed by atoms with E-state index in [4.69, 9.17) is 14.7 Å². The first kappa shape index (κ1) is 13.9. The maximum Gasteiger partial charge on any atom is 0.119 e. The molecule has 102 valence electrons. The van der Waals surface area contributed by atoms with Gasteiger partial charge in [-0.05, 0) is 44.7 Å². The fourth-order valence-corrected chi connectivity index (χ4v) is 2.40. The predicted octanol–water partition coefficient (Wildman–Crippen LogP) is 2.05. The molecule has 1 heterocycles. The van der Waals surface area contributed by atoms with E-state index >= 15 is 0 Å². The maximum absolute atomic E-state index is 8.71. The Balaban J connectivity index is 1.75. The molecule has 4 heteroatoms. The van der Waals surface area contributed by atoms with Crippen LogP contribution < -0.4 is 4.74 Å². The van der Waals surface area contributed by atoms with Crippen molar-refractivity contribution in [3.63, 3.8) is 0 Å². The smallest absolute Gasteiger partial charge is 0.119 e. The number of hydrogen-bond acceptors (Lipinski definition) is 4. The summed E-state index contributed by atoms with van der Waals surface area (Å²) < 4.78 is 11.2. The van der Waals surface area contributed by atoms with Gasteiger partial charge in [0, 0.05) is 19.2 Å². The molecule has 0 saturated carbocycles. The molecule has 0 bridgehead atoms. The van der Waals surface area contributed by atoms with Gasteiger partial charge in [-0.3, -0.25) is 4.90 Å². The number of benzene rings is 1. The van der Waals surface area contributed by atoms with E-state index in [1.807, 2.05) is 12.1 Å². The third-order valence-corrected chi connectivity index (χ3v) is 3.60. The zero-order valence-electron chi connectivity index (χ0n) is 11.5. The molecule has 0 aliphatic carbocycles. The minimum atomic E-state index is 0.305. The zero-order valence-corrected chi connectivity index (χ0v) is 11.5. The molecule has 2 rings (SSSR count). The number of likely N-dealkylation sites (N-methyl/N-ethyl adjacent to an activating group) is 1. The van der Waals surface area contributed by atoms with E-state index < -0.39 is 0 Å². The Morgan fingerprint density at radius 3 is 2.74 bits per heavy atom. The van der Waals surface area contributed by atoms with E-state index in [0.29, 0.717) is 24.3 Å². The minimum Gasteiger partial charge on any atom is -0.492 e. The zero-order chi connectivity index (χ0) is 13.7. The molecule has 0 N–H and O–H groups in total. The van der Waals surface area contributed by atoms with Crippen molar-refractivity contribution in [3.05, 3.63) is 29.8 Å². The lowest BCUT2D eigenvalue weighted by Gasteiger charge is -2.26. The van der Waals surface area contributed by atoms with Crippen molar-refractivity contribution in [2.45, 2.75) is 25.5 Å². The summed E-state index contributed by atoms with van der Waals surface area (Å²) in [6, 6.07) is 9.79. The highest BCUT2D eigenvalue weighted by Crippen LogP contribution is 2.18. The summed E-state index contributed by atoms with van der Waals surface area (Å²) in [5.74, 6) is 0.808. The molecule has 0 spiro atoms. The van der Waals surface area contributed by atoms with Crippen molar-refractivity contribution in [2.75, 3.05) is 26.8 Å². The number of hydrogen-bond donors (Lipinski definition) is 0. The van der Waals surface area contributed by atoms with E-state index in [9.17, 15) is 0 Å². The summed E-state index contributed by atoms with van der Waals surface area (Å²) in [6.45, 7) is 4.49.